The van der Waals surface area contributed by atoms with Gasteiger partial charge in [-0.1, -0.05) is 62.4 Å². The molecule has 3 saturated heterocycles. The molecule has 0 bridgehead atoms. The highest BCUT2D eigenvalue weighted by Gasteiger charge is 2.19. The van der Waals surface area contributed by atoms with E-state index in [1.165, 1.54) is 28.8 Å². The minimum atomic E-state index is -0.524. The van der Waals surface area contributed by atoms with Gasteiger partial charge >= 0.3 is 0 Å². The number of aliphatic hydroxyl groups is 3. The molecule has 0 radical (unpaired) electrons. The van der Waals surface area contributed by atoms with Crippen LogP contribution in [0.25, 0.3) is 0 Å². The first-order chi connectivity index (χ1) is 24.9. The van der Waals surface area contributed by atoms with Gasteiger partial charge in [0.15, 0.2) is 0 Å². The highest BCUT2D eigenvalue weighted by Crippen LogP contribution is 2.20. The number of aliphatic hydroxyl groups excluding tert-OH is 3. The van der Waals surface area contributed by atoms with Crippen molar-refractivity contribution >= 4 is 62.9 Å². The zero-order chi connectivity index (χ0) is 38.9. The van der Waals surface area contributed by atoms with E-state index >= 15 is 0 Å². The molecule has 3 aromatic heterocycles. The summed E-state index contributed by atoms with van der Waals surface area (Å²) in [5.74, 6) is 1.68. The average molecular weight is 878 g/mol. The largest absolute Gasteiger partial charge is 0.397 e. The predicted molar refractivity (Wildman–Crippen MR) is 221 cm³/mol. The van der Waals surface area contributed by atoms with Gasteiger partial charge in [-0.05, 0) is 80.3 Å². The molecule has 0 aliphatic carbocycles. The number of alkyl halides is 1. The number of hydrogen-bond acceptors (Lipinski definition) is 14. The number of nitrogen functional groups attached to an aromatic ring is 1. The van der Waals surface area contributed by atoms with Gasteiger partial charge in [0.1, 0.15) is 29.2 Å². The summed E-state index contributed by atoms with van der Waals surface area (Å²) in [5, 5.41) is 51.5. The summed E-state index contributed by atoms with van der Waals surface area (Å²) in [5.41, 5.74) is 6.19. The number of nitro groups is 2. The van der Waals surface area contributed by atoms with Crippen LogP contribution in [0, 0.1) is 20.2 Å². The molecule has 16 nitrogen and oxygen atoms in total. The topological polar surface area (TPSA) is 230 Å². The molecule has 53 heavy (non-hydrogen) atoms. The van der Waals surface area contributed by atoms with Crippen molar-refractivity contribution in [3.63, 3.8) is 0 Å². The van der Waals surface area contributed by atoms with Gasteiger partial charge in [-0.15, -0.1) is 0 Å². The van der Waals surface area contributed by atoms with Gasteiger partial charge in [-0.3, -0.25) is 20.2 Å². The summed E-state index contributed by atoms with van der Waals surface area (Å²) >= 11 is 7.67. The van der Waals surface area contributed by atoms with Crippen molar-refractivity contribution in [2.75, 3.05) is 59.2 Å². The standard InChI is InChI=1S/C10H13N3O3.C10H15N3O.C5H3ClN2O2.C5H11NO.C2H5I.C2H6.CH4/c14-9-3-5-12(6-4-9)10-2-1-8(7-11-10)13(15)16;11-8-1-2-10(12-7-8)13-5-3-9(14)4-6-13;6-5-2-1-4(3-7-5)8(9)10;7-5-1-3-6-4-2-5;1-2-3;1-2;/h1-2,7,9,14H,3-6H2;1-2,7,9,14H,3-6,11H2;1-3H;5-7H,1-4H2;2H2,1H3;1-2H3;1H4. The van der Waals surface area contributed by atoms with E-state index in [0.717, 1.165) is 95.6 Å². The third-order valence-corrected chi connectivity index (χ3v) is 7.75. The SMILES string of the molecule is C.CC.CCI.Nc1ccc(N2CCC(O)CC2)nc1.O=[N+]([O-])c1ccc(Cl)nc1.O=[N+]([O-])c1ccc(N2CCC(O)CC2)nc1.OC1CCNCC1. The van der Waals surface area contributed by atoms with Gasteiger partial charge in [-0.2, -0.15) is 0 Å². The van der Waals surface area contributed by atoms with Crippen molar-refractivity contribution in [2.45, 2.75) is 85.0 Å². The molecule has 6 N–H and O–H groups in total. The molecule has 3 aliphatic heterocycles. The molecule has 3 fully saturated rings. The molecule has 0 amide bonds. The van der Waals surface area contributed by atoms with E-state index in [-0.39, 0.29) is 42.3 Å². The Morgan fingerprint density at radius 3 is 1.43 bits per heavy atom. The second-order valence-corrected chi connectivity index (χ2v) is 13.3. The summed E-state index contributed by atoms with van der Waals surface area (Å²) in [6.07, 6.45) is 8.61. The monoisotopic (exact) mass is 877 g/mol. The first-order valence-electron chi connectivity index (χ1n) is 17.3. The number of nitrogens with two attached hydrogens (primary N) is 1. The molecule has 6 rings (SSSR count). The van der Waals surface area contributed by atoms with E-state index in [2.05, 4.69) is 54.7 Å². The minimum absolute atomic E-state index is 0. The first kappa shape index (κ1) is 49.5. The molecule has 3 aromatic rings. The summed E-state index contributed by atoms with van der Waals surface area (Å²) < 4.78 is 1.22. The number of aromatic nitrogens is 3. The van der Waals surface area contributed by atoms with E-state index in [9.17, 15) is 30.4 Å². The quantitative estimate of drug-likeness (QED) is 0.0661. The highest BCUT2D eigenvalue weighted by molar-refractivity contribution is 14.1. The van der Waals surface area contributed by atoms with Gasteiger partial charge in [0.05, 0.1) is 40.0 Å². The van der Waals surface area contributed by atoms with Crippen LogP contribution in [0.3, 0.4) is 0 Å². The number of nitrogens with zero attached hydrogens (tertiary/aromatic N) is 7. The number of hydrogen-bond donors (Lipinski definition) is 5. The van der Waals surface area contributed by atoms with Crippen LogP contribution in [0.15, 0.2) is 55.0 Å². The molecule has 0 unspecified atom stereocenters. The fourth-order valence-electron chi connectivity index (χ4n) is 4.73. The molecular formula is C35H57ClIN9O7. The van der Waals surface area contributed by atoms with Crippen molar-refractivity contribution in [3.8, 4) is 0 Å². The van der Waals surface area contributed by atoms with Gasteiger partial charge in [0.25, 0.3) is 11.4 Å². The second-order valence-electron chi connectivity index (χ2n) is 11.4. The van der Waals surface area contributed by atoms with Crippen molar-refractivity contribution in [1.29, 1.82) is 0 Å². The molecule has 0 saturated carbocycles. The number of anilines is 3. The third-order valence-electron chi connectivity index (χ3n) is 7.52. The summed E-state index contributed by atoms with van der Waals surface area (Å²) in [4.78, 5) is 35.5. The van der Waals surface area contributed by atoms with E-state index in [1.807, 2.05) is 30.9 Å². The van der Waals surface area contributed by atoms with Crippen molar-refractivity contribution in [3.05, 3.63) is 80.4 Å². The normalized spacial score (nSPS) is 15.7. The zero-order valence-corrected chi connectivity index (χ0v) is 33.0. The van der Waals surface area contributed by atoms with Gasteiger partial charge in [-0.25, -0.2) is 15.0 Å². The Morgan fingerprint density at radius 1 is 0.755 bits per heavy atom. The van der Waals surface area contributed by atoms with Crippen LogP contribution in [0.5, 0.6) is 0 Å². The Hall–Kier alpha value is -3.49. The Morgan fingerprint density at radius 2 is 1.13 bits per heavy atom. The van der Waals surface area contributed by atoms with Crippen LogP contribution in [-0.4, -0.2) is 102 Å². The third kappa shape index (κ3) is 21.1. The van der Waals surface area contributed by atoms with Gasteiger partial charge < -0.3 is 36.2 Å². The molecule has 0 atom stereocenters. The molecular weight excluding hydrogens is 821 g/mol. The van der Waals surface area contributed by atoms with Gasteiger partial charge in [0, 0.05) is 38.3 Å². The van der Waals surface area contributed by atoms with Crippen LogP contribution in [0.2, 0.25) is 5.15 Å². The number of pyridine rings is 3. The average Bonchev–Trinajstić information content (AvgIpc) is 3.15. The zero-order valence-electron chi connectivity index (χ0n) is 30.1. The first-order valence-corrected chi connectivity index (χ1v) is 19.2. The summed E-state index contributed by atoms with van der Waals surface area (Å²) in [6.45, 7) is 11.3. The maximum atomic E-state index is 10.5. The van der Waals surface area contributed by atoms with Gasteiger partial charge in [0.2, 0.25) is 0 Å². The number of nitrogens with one attached hydrogen (secondary N) is 1. The maximum Gasteiger partial charge on any atom is 0.287 e. The van der Waals surface area contributed by atoms with Crippen molar-refractivity contribution in [1.82, 2.24) is 20.3 Å². The Balaban J connectivity index is 0.000000670. The lowest BCUT2D eigenvalue weighted by molar-refractivity contribution is -0.385. The van der Waals surface area contributed by atoms with E-state index in [0.29, 0.717) is 5.69 Å². The molecule has 298 valence electrons. The number of piperidine rings is 3. The smallest absolute Gasteiger partial charge is 0.287 e. The van der Waals surface area contributed by atoms with Crippen LogP contribution >= 0.6 is 34.2 Å². The molecule has 18 heteroatoms. The van der Waals surface area contributed by atoms with E-state index in [4.69, 9.17) is 22.4 Å². The highest BCUT2D eigenvalue weighted by atomic mass is 127. The Labute approximate surface area is 331 Å². The Kier molecular flexibility index (Phi) is 27.0. The van der Waals surface area contributed by atoms with Crippen molar-refractivity contribution < 1.29 is 25.2 Å². The molecule has 0 aromatic carbocycles. The van der Waals surface area contributed by atoms with Crippen molar-refractivity contribution in [2.24, 2.45) is 0 Å². The van der Waals surface area contributed by atoms with Crippen LogP contribution in [-0.2, 0) is 0 Å². The van der Waals surface area contributed by atoms with Crippen LogP contribution in [0.4, 0.5) is 28.7 Å². The number of rotatable bonds is 4. The lowest BCUT2D eigenvalue weighted by atomic mass is 10.1. The lowest BCUT2D eigenvalue weighted by Gasteiger charge is -2.30. The predicted octanol–water partition coefficient (Wildman–Crippen LogP) is 6.05. The number of halogens is 2. The molecule has 3 aliphatic rings. The van der Waals surface area contributed by atoms with Crippen LogP contribution in [0.1, 0.15) is 66.7 Å². The minimum Gasteiger partial charge on any atom is -0.397 e. The Bertz CT molecular complexity index is 1380. The lowest BCUT2D eigenvalue weighted by Crippen LogP contribution is -2.36. The van der Waals surface area contributed by atoms with E-state index in [1.54, 1.807) is 12.3 Å². The second kappa shape index (κ2) is 28.9. The summed E-state index contributed by atoms with van der Waals surface area (Å²) in [6, 6.07) is 9.55. The summed E-state index contributed by atoms with van der Waals surface area (Å²) in [7, 11) is 0. The van der Waals surface area contributed by atoms with Crippen LogP contribution < -0.4 is 20.9 Å². The maximum absolute atomic E-state index is 10.5. The molecule has 6 heterocycles. The molecule has 0 spiro atoms. The fraction of sp³-hybridized carbons (Fsp3) is 0.571. The van der Waals surface area contributed by atoms with E-state index < -0.39 is 9.85 Å². The fourth-order valence-corrected chi connectivity index (χ4v) is 4.84.